The van der Waals surface area contributed by atoms with E-state index in [1.54, 1.807) is 0 Å². The van der Waals surface area contributed by atoms with E-state index in [-0.39, 0.29) is 11.5 Å². The molecule has 0 spiro atoms. The fourth-order valence-electron chi connectivity index (χ4n) is 1.77. The maximum absolute atomic E-state index is 13.9. The van der Waals surface area contributed by atoms with Crippen LogP contribution in [0.3, 0.4) is 0 Å². The molecular formula is C15H20FNO3S. The molecule has 2 N–H and O–H groups in total. The van der Waals surface area contributed by atoms with Crippen molar-refractivity contribution in [1.29, 1.82) is 0 Å². The third-order valence-electron chi connectivity index (χ3n) is 2.86. The van der Waals surface area contributed by atoms with Crippen LogP contribution in [0.1, 0.15) is 38.2 Å². The Hall–Kier alpha value is -1.42. The van der Waals surface area contributed by atoms with Crippen molar-refractivity contribution < 1.29 is 17.9 Å². The number of aliphatic hydroxyl groups is 1. The number of hydrogen-bond acceptors (Lipinski definition) is 3. The highest BCUT2D eigenvalue weighted by molar-refractivity contribution is 7.89. The summed E-state index contributed by atoms with van der Waals surface area (Å²) in [6.07, 6.45) is 3.79. The molecule has 0 aliphatic rings. The van der Waals surface area contributed by atoms with E-state index in [9.17, 15) is 12.8 Å². The van der Waals surface area contributed by atoms with Gasteiger partial charge in [-0.15, -0.1) is 0 Å². The third-order valence-corrected chi connectivity index (χ3v) is 4.35. The van der Waals surface area contributed by atoms with Gasteiger partial charge in [0, 0.05) is 12.1 Å². The molecule has 0 unspecified atom stereocenters. The lowest BCUT2D eigenvalue weighted by Gasteiger charge is -2.07. The second-order valence-electron chi connectivity index (χ2n) is 4.56. The fourth-order valence-corrected chi connectivity index (χ4v) is 2.91. The number of hydrogen-bond donors (Lipinski definition) is 2. The molecule has 0 radical (unpaired) electrons. The van der Waals surface area contributed by atoms with E-state index in [0.29, 0.717) is 12.1 Å². The first-order valence-corrected chi connectivity index (χ1v) is 8.38. The van der Waals surface area contributed by atoms with E-state index in [4.69, 9.17) is 5.11 Å². The van der Waals surface area contributed by atoms with Gasteiger partial charge >= 0.3 is 0 Å². The molecule has 6 heteroatoms. The van der Waals surface area contributed by atoms with E-state index in [2.05, 4.69) is 23.5 Å². The normalized spacial score (nSPS) is 11.0. The number of unbranched alkanes of at least 4 members (excludes halogenated alkanes) is 3. The van der Waals surface area contributed by atoms with Gasteiger partial charge in [0.25, 0.3) is 0 Å². The summed E-state index contributed by atoms with van der Waals surface area (Å²) < 4.78 is 40.2. The van der Waals surface area contributed by atoms with Gasteiger partial charge in [-0.25, -0.2) is 17.5 Å². The number of nitrogens with one attached hydrogen (secondary N) is 1. The maximum Gasteiger partial charge on any atom is 0.243 e. The summed E-state index contributed by atoms with van der Waals surface area (Å²) in [7, 11) is -3.84. The topological polar surface area (TPSA) is 66.4 Å². The molecule has 0 heterocycles. The number of aliphatic hydroxyl groups excluding tert-OH is 1. The Kier molecular flexibility index (Phi) is 7.37. The van der Waals surface area contributed by atoms with Crippen LogP contribution >= 0.6 is 0 Å². The lowest BCUT2D eigenvalue weighted by molar-refractivity contribution is 0.350. The van der Waals surface area contributed by atoms with E-state index in [1.165, 1.54) is 12.1 Å². The van der Waals surface area contributed by atoms with Crippen molar-refractivity contribution in [1.82, 2.24) is 4.72 Å². The number of sulfonamides is 1. The average molecular weight is 313 g/mol. The van der Waals surface area contributed by atoms with Crippen LogP contribution in [0.25, 0.3) is 0 Å². The predicted octanol–water partition coefficient (Wildman–Crippen LogP) is 2.03. The molecule has 0 aliphatic heterocycles. The Morgan fingerprint density at radius 1 is 1.29 bits per heavy atom. The summed E-state index contributed by atoms with van der Waals surface area (Å²) in [5.74, 6) is 4.06. The predicted molar refractivity (Wildman–Crippen MR) is 79.7 cm³/mol. The van der Waals surface area contributed by atoms with Gasteiger partial charge in [0.05, 0.1) is 0 Å². The van der Waals surface area contributed by atoms with Gasteiger partial charge in [-0.1, -0.05) is 38.0 Å². The van der Waals surface area contributed by atoms with Crippen LogP contribution in [-0.2, 0) is 10.0 Å². The van der Waals surface area contributed by atoms with Crippen LogP contribution in [0.4, 0.5) is 4.39 Å². The Labute approximate surface area is 125 Å². The molecule has 1 aromatic carbocycles. The van der Waals surface area contributed by atoms with Gasteiger partial charge in [-0.2, -0.15) is 0 Å². The molecule has 1 rings (SSSR count). The Bertz CT molecular complexity index is 618. The minimum absolute atomic E-state index is 0.299. The summed E-state index contributed by atoms with van der Waals surface area (Å²) in [4.78, 5) is -0.382. The molecule has 0 fully saturated rings. The van der Waals surface area contributed by atoms with Gasteiger partial charge in [-0.05, 0) is 24.6 Å². The van der Waals surface area contributed by atoms with Gasteiger partial charge in [0.15, 0.2) is 0 Å². The fraction of sp³-hybridized carbons (Fsp3) is 0.467. The van der Waals surface area contributed by atoms with Crippen LogP contribution < -0.4 is 4.72 Å². The monoisotopic (exact) mass is 313 g/mol. The highest BCUT2D eigenvalue weighted by Gasteiger charge is 2.18. The molecule has 0 saturated carbocycles. The quantitative estimate of drug-likeness (QED) is 0.598. The van der Waals surface area contributed by atoms with Gasteiger partial charge in [0.2, 0.25) is 10.0 Å². The second kappa shape index (κ2) is 8.78. The van der Waals surface area contributed by atoms with Crippen molar-refractivity contribution in [2.24, 2.45) is 0 Å². The lowest BCUT2D eigenvalue weighted by atomic mass is 10.2. The van der Waals surface area contributed by atoms with Gasteiger partial charge < -0.3 is 5.11 Å². The number of rotatable bonds is 7. The molecule has 0 saturated heterocycles. The Morgan fingerprint density at radius 3 is 2.67 bits per heavy atom. The largest absolute Gasteiger partial charge is 0.384 e. The smallest absolute Gasteiger partial charge is 0.243 e. The molecule has 4 nitrogen and oxygen atoms in total. The van der Waals surface area contributed by atoms with Crippen molar-refractivity contribution in [3.63, 3.8) is 0 Å². The molecule has 0 bridgehead atoms. The lowest BCUT2D eigenvalue weighted by Crippen LogP contribution is -2.25. The van der Waals surface area contributed by atoms with Crippen LogP contribution in [-0.4, -0.2) is 26.7 Å². The minimum atomic E-state index is -3.84. The van der Waals surface area contributed by atoms with E-state index >= 15 is 0 Å². The molecule has 0 aromatic heterocycles. The van der Waals surface area contributed by atoms with E-state index in [0.717, 1.165) is 31.7 Å². The Morgan fingerprint density at radius 2 is 2.05 bits per heavy atom. The summed E-state index contributed by atoms with van der Waals surface area (Å²) >= 11 is 0. The van der Waals surface area contributed by atoms with E-state index < -0.39 is 15.8 Å². The standard InChI is InChI=1S/C15H20FNO3S/c1-2-3-4-5-10-17-21(19,20)15-9-8-13(7-6-11-18)12-14(15)16/h8-9,12,17-18H,2-5,10-11H2,1H3. The molecule has 0 amide bonds. The Balaban J connectivity index is 2.74. The number of halogens is 1. The molecule has 116 valence electrons. The van der Waals surface area contributed by atoms with Gasteiger partial charge in [-0.3, -0.25) is 0 Å². The van der Waals surface area contributed by atoms with Crippen LogP contribution in [0.5, 0.6) is 0 Å². The third kappa shape index (κ3) is 5.84. The zero-order valence-electron chi connectivity index (χ0n) is 12.0. The maximum atomic E-state index is 13.9. The van der Waals surface area contributed by atoms with Crippen molar-refractivity contribution in [2.45, 2.75) is 37.5 Å². The van der Waals surface area contributed by atoms with Crippen molar-refractivity contribution >= 4 is 10.0 Å². The summed E-state index contributed by atoms with van der Waals surface area (Å²) in [6, 6.07) is 3.65. The first kappa shape index (κ1) is 17.6. The molecule has 21 heavy (non-hydrogen) atoms. The van der Waals surface area contributed by atoms with Crippen molar-refractivity contribution in [3.05, 3.63) is 29.6 Å². The molecular weight excluding hydrogens is 293 g/mol. The summed E-state index contributed by atoms with van der Waals surface area (Å²) in [5, 5.41) is 8.57. The molecule has 1 aromatic rings. The summed E-state index contributed by atoms with van der Waals surface area (Å²) in [5.41, 5.74) is 0.323. The SMILES string of the molecule is CCCCCCNS(=O)(=O)c1ccc(C#CCO)cc1F. The minimum Gasteiger partial charge on any atom is -0.384 e. The van der Waals surface area contributed by atoms with Crippen LogP contribution in [0.2, 0.25) is 0 Å². The first-order valence-electron chi connectivity index (χ1n) is 6.90. The number of benzene rings is 1. The average Bonchev–Trinajstić information content (AvgIpc) is 2.44. The zero-order chi connectivity index (χ0) is 15.7. The van der Waals surface area contributed by atoms with Crippen molar-refractivity contribution in [3.8, 4) is 11.8 Å². The van der Waals surface area contributed by atoms with Crippen LogP contribution in [0.15, 0.2) is 23.1 Å². The second-order valence-corrected chi connectivity index (χ2v) is 6.30. The first-order chi connectivity index (χ1) is 10.0. The molecule has 0 atom stereocenters. The van der Waals surface area contributed by atoms with Crippen molar-refractivity contribution in [2.75, 3.05) is 13.2 Å². The van der Waals surface area contributed by atoms with Gasteiger partial charge in [0.1, 0.15) is 17.3 Å². The zero-order valence-corrected chi connectivity index (χ0v) is 12.8. The van der Waals surface area contributed by atoms with Crippen LogP contribution in [0, 0.1) is 17.7 Å². The molecule has 0 aliphatic carbocycles. The highest BCUT2D eigenvalue weighted by atomic mass is 32.2. The van der Waals surface area contributed by atoms with E-state index in [1.807, 2.05) is 0 Å². The highest BCUT2D eigenvalue weighted by Crippen LogP contribution is 2.15. The summed E-state index contributed by atoms with van der Waals surface area (Å²) in [6.45, 7) is 2.04.